The molecule has 3 heteroatoms. The van der Waals surface area contributed by atoms with Gasteiger partial charge in [-0.25, -0.2) is 0 Å². The largest absolute Gasteiger partial charge is 0.299 e. The van der Waals surface area contributed by atoms with Gasteiger partial charge in [-0.2, -0.15) is 0 Å². The molecule has 1 aromatic rings. The third kappa shape index (κ3) is 8.59. The minimum absolute atomic E-state index is 0.0181. The van der Waals surface area contributed by atoms with E-state index in [1.165, 1.54) is 16.7 Å². The molecule has 218 valence electrons. The Labute approximate surface area is 243 Å². The fraction of sp³-hybridized carbons (Fsp3) is 0.541. The van der Waals surface area contributed by atoms with E-state index in [-0.39, 0.29) is 23.3 Å². The standard InChI is InChI=1S/C37H52O3/c1-26(2)15-13-17-29(7)23-24-37(32(38)20-14-16-27(3)4)25-31(22-21-28(5)6)36(8,9)33(35(37)40)34(39)30-18-11-10-12-19-30/h10-12,15-16,18-19,21,23,31,33H,13-14,17,20,22,24-25H2,1-9H3/b29-23+/t31-,33+,37-/m0/s1. The van der Waals surface area contributed by atoms with E-state index >= 15 is 0 Å². The van der Waals surface area contributed by atoms with Crippen LogP contribution < -0.4 is 0 Å². The van der Waals surface area contributed by atoms with E-state index in [1.807, 2.05) is 32.0 Å². The van der Waals surface area contributed by atoms with Crippen molar-refractivity contribution in [1.82, 2.24) is 0 Å². The Morgan fingerprint density at radius 2 is 1.35 bits per heavy atom. The first-order valence-corrected chi connectivity index (χ1v) is 14.9. The lowest BCUT2D eigenvalue weighted by Gasteiger charge is -2.51. The normalized spacial score (nSPS) is 22.3. The molecule has 1 saturated carbocycles. The molecule has 0 heterocycles. The molecule has 3 nitrogen and oxygen atoms in total. The Hall–Kier alpha value is -2.81. The summed E-state index contributed by atoms with van der Waals surface area (Å²) in [5.74, 6) is -1.22. The molecular weight excluding hydrogens is 492 g/mol. The van der Waals surface area contributed by atoms with Gasteiger partial charge in [0.15, 0.2) is 11.6 Å². The van der Waals surface area contributed by atoms with Crippen LogP contribution in [0.1, 0.15) is 118 Å². The van der Waals surface area contributed by atoms with Crippen molar-refractivity contribution in [3.63, 3.8) is 0 Å². The van der Waals surface area contributed by atoms with E-state index in [1.54, 1.807) is 12.1 Å². The topological polar surface area (TPSA) is 51.2 Å². The fourth-order valence-electron chi connectivity index (χ4n) is 5.94. The van der Waals surface area contributed by atoms with Gasteiger partial charge >= 0.3 is 0 Å². The number of carbonyl (C=O) groups is 3. The molecule has 0 N–H and O–H groups in total. The van der Waals surface area contributed by atoms with Crippen molar-refractivity contribution in [3.05, 3.63) is 82.5 Å². The van der Waals surface area contributed by atoms with E-state index in [4.69, 9.17) is 0 Å². The lowest BCUT2D eigenvalue weighted by Crippen LogP contribution is -2.57. The number of rotatable bonds is 13. The van der Waals surface area contributed by atoms with Crippen LogP contribution in [0.25, 0.3) is 0 Å². The van der Waals surface area contributed by atoms with E-state index in [0.29, 0.717) is 31.2 Å². The first-order chi connectivity index (χ1) is 18.7. The SMILES string of the molecule is CC(C)=CCCC(=O)[C@]1(C/C=C(\C)CCC=C(C)C)C[C@H](CC=C(C)C)C(C)(C)[C@H](C(=O)c2ccccc2)C1=O. The van der Waals surface area contributed by atoms with Gasteiger partial charge in [-0.15, -0.1) is 0 Å². The van der Waals surface area contributed by atoms with Gasteiger partial charge in [-0.1, -0.05) is 90.8 Å². The zero-order valence-electron chi connectivity index (χ0n) is 26.5. The van der Waals surface area contributed by atoms with Gasteiger partial charge in [0.2, 0.25) is 0 Å². The smallest absolute Gasteiger partial charge is 0.173 e. The molecule has 0 radical (unpaired) electrons. The van der Waals surface area contributed by atoms with Crippen molar-refractivity contribution >= 4 is 17.3 Å². The highest BCUT2D eigenvalue weighted by molar-refractivity contribution is 6.19. The molecule has 0 amide bonds. The van der Waals surface area contributed by atoms with E-state index in [9.17, 15) is 14.4 Å². The van der Waals surface area contributed by atoms with Crippen LogP contribution in [0.15, 0.2) is 76.9 Å². The van der Waals surface area contributed by atoms with Gasteiger partial charge in [0.05, 0.1) is 11.3 Å². The maximum absolute atomic E-state index is 14.7. The molecule has 0 aromatic heterocycles. The Balaban J connectivity index is 2.65. The van der Waals surface area contributed by atoms with Crippen LogP contribution in [-0.4, -0.2) is 17.3 Å². The van der Waals surface area contributed by atoms with Crippen molar-refractivity contribution in [2.45, 2.75) is 107 Å². The maximum atomic E-state index is 14.7. The van der Waals surface area contributed by atoms with Gasteiger partial charge in [0.25, 0.3) is 0 Å². The zero-order chi connectivity index (χ0) is 30.1. The second kappa shape index (κ2) is 14.7. The molecule has 0 aliphatic heterocycles. The van der Waals surface area contributed by atoms with Crippen molar-refractivity contribution in [3.8, 4) is 0 Å². The van der Waals surface area contributed by atoms with Crippen LogP contribution in [0.3, 0.4) is 0 Å². The minimum atomic E-state index is -1.20. The number of Topliss-reactive ketones (excluding diaryl/α,β-unsaturated/α-hetero) is 3. The van der Waals surface area contributed by atoms with Gasteiger partial charge in [-0.3, -0.25) is 14.4 Å². The highest BCUT2D eigenvalue weighted by Gasteiger charge is 2.60. The van der Waals surface area contributed by atoms with Crippen molar-refractivity contribution in [2.24, 2.45) is 22.7 Å². The van der Waals surface area contributed by atoms with Crippen LogP contribution >= 0.6 is 0 Å². The van der Waals surface area contributed by atoms with E-state index < -0.39 is 16.7 Å². The second-order valence-corrected chi connectivity index (χ2v) is 13.2. The molecule has 0 saturated heterocycles. The van der Waals surface area contributed by atoms with Gasteiger partial charge in [-0.05, 0) is 98.3 Å². The van der Waals surface area contributed by atoms with Gasteiger partial charge in [0, 0.05) is 12.0 Å². The van der Waals surface area contributed by atoms with E-state index in [2.05, 4.69) is 72.8 Å². The summed E-state index contributed by atoms with van der Waals surface area (Å²) >= 11 is 0. The number of carbonyl (C=O) groups excluding carboxylic acids is 3. The molecular formula is C37H52O3. The lowest BCUT2D eigenvalue weighted by atomic mass is 9.49. The molecule has 1 fully saturated rings. The van der Waals surface area contributed by atoms with Crippen LogP contribution in [0, 0.1) is 22.7 Å². The highest BCUT2D eigenvalue weighted by atomic mass is 16.2. The quantitative estimate of drug-likeness (QED) is 0.141. The molecule has 3 atom stereocenters. The fourth-order valence-corrected chi connectivity index (χ4v) is 5.94. The Kier molecular flexibility index (Phi) is 12.3. The molecule has 0 unspecified atom stereocenters. The molecule has 40 heavy (non-hydrogen) atoms. The summed E-state index contributed by atoms with van der Waals surface area (Å²) in [6.45, 7) is 18.6. The van der Waals surface area contributed by atoms with Crippen molar-refractivity contribution in [1.29, 1.82) is 0 Å². The van der Waals surface area contributed by atoms with Crippen molar-refractivity contribution in [2.75, 3.05) is 0 Å². The number of benzene rings is 1. The summed E-state index contributed by atoms with van der Waals surface area (Å²) < 4.78 is 0. The van der Waals surface area contributed by atoms with Crippen molar-refractivity contribution < 1.29 is 14.4 Å². The molecule has 1 aromatic carbocycles. The summed E-state index contributed by atoms with van der Waals surface area (Å²) in [6.07, 6.45) is 12.9. The summed E-state index contributed by atoms with van der Waals surface area (Å²) in [7, 11) is 0. The van der Waals surface area contributed by atoms with Crippen LogP contribution in [0.5, 0.6) is 0 Å². The Morgan fingerprint density at radius 1 is 0.800 bits per heavy atom. The van der Waals surface area contributed by atoms with Crippen LogP contribution in [-0.2, 0) is 9.59 Å². The summed E-state index contributed by atoms with van der Waals surface area (Å²) in [5.41, 5.74) is 3.59. The molecule has 0 spiro atoms. The molecule has 1 aliphatic carbocycles. The Morgan fingerprint density at radius 3 is 1.90 bits per heavy atom. The summed E-state index contributed by atoms with van der Waals surface area (Å²) in [5, 5.41) is 0. The summed E-state index contributed by atoms with van der Waals surface area (Å²) in [4.78, 5) is 43.0. The lowest BCUT2D eigenvalue weighted by molar-refractivity contribution is -0.153. The number of hydrogen-bond donors (Lipinski definition) is 0. The predicted molar refractivity (Wildman–Crippen MR) is 168 cm³/mol. The van der Waals surface area contributed by atoms with Crippen LogP contribution in [0.4, 0.5) is 0 Å². The molecule has 2 rings (SSSR count). The predicted octanol–water partition coefficient (Wildman–Crippen LogP) is 9.84. The van der Waals surface area contributed by atoms with Gasteiger partial charge < -0.3 is 0 Å². The summed E-state index contributed by atoms with van der Waals surface area (Å²) in [6, 6.07) is 9.13. The molecule has 0 bridgehead atoms. The van der Waals surface area contributed by atoms with E-state index in [0.717, 1.165) is 24.8 Å². The monoisotopic (exact) mass is 544 g/mol. The first-order valence-electron chi connectivity index (χ1n) is 14.9. The molecule has 1 aliphatic rings. The van der Waals surface area contributed by atoms with Gasteiger partial charge in [0.1, 0.15) is 5.78 Å². The first kappa shape index (κ1) is 33.4. The number of allylic oxidation sites excluding steroid dienone is 8. The number of ketones is 3. The van der Waals surface area contributed by atoms with Crippen LogP contribution in [0.2, 0.25) is 0 Å². The number of hydrogen-bond acceptors (Lipinski definition) is 3. The zero-order valence-corrected chi connectivity index (χ0v) is 26.5. The Bertz CT molecular complexity index is 1160. The minimum Gasteiger partial charge on any atom is -0.299 e. The maximum Gasteiger partial charge on any atom is 0.173 e. The third-order valence-electron chi connectivity index (χ3n) is 8.60. The average Bonchev–Trinajstić information content (AvgIpc) is 2.87. The second-order valence-electron chi connectivity index (χ2n) is 13.2. The highest BCUT2D eigenvalue weighted by Crippen LogP contribution is 2.55. The third-order valence-corrected chi connectivity index (χ3v) is 8.60. The average molecular weight is 545 g/mol.